The summed E-state index contributed by atoms with van der Waals surface area (Å²) in [5, 5.41) is 9.69. The largest absolute Gasteiger partial charge is 0.508 e. The average Bonchev–Trinajstić information content (AvgIpc) is 2.48. The zero-order chi connectivity index (χ0) is 14.5. The first-order valence-electron chi connectivity index (χ1n) is 6.92. The van der Waals surface area contributed by atoms with E-state index in [-0.39, 0.29) is 11.7 Å². The smallest absolute Gasteiger partial charge is 0.254 e. The molecule has 0 spiro atoms. The third kappa shape index (κ3) is 3.29. The van der Waals surface area contributed by atoms with Gasteiger partial charge in [-0.2, -0.15) is 0 Å². The van der Waals surface area contributed by atoms with E-state index in [2.05, 4.69) is 4.90 Å². The summed E-state index contributed by atoms with van der Waals surface area (Å²) in [5.41, 5.74) is 1.25. The second-order valence-electron chi connectivity index (χ2n) is 5.08. The SMILES string of the molecule is COCCN1CCN(C(=O)c2cccc(O)c2C)CC1. The van der Waals surface area contributed by atoms with E-state index in [9.17, 15) is 9.90 Å². The molecule has 1 aliphatic rings. The number of nitrogens with zero attached hydrogens (tertiary/aromatic N) is 2. The molecule has 0 aromatic heterocycles. The Morgan fingerprint density at radius 2 is 2.00 bits per heavy atom. The van der Waals surface area contributed by atoms with Crippen molar-refractivity contribution in [2.45, 2.75) is 6.92 Å². The fourth-order valence-electron chi connectivity index (χ4n) is 2.42. The van der Waals surface area contributed by atoms with Crippen LogP contribution in [-0.4, -0.2) is 67.3 Å². The van der Waals surface area contributed by atoms with Crippen molar-refractivity contribution in [1.29, 1.82) is 0 Å². The lowest BCUT2D eigenvalue weighted by molar-refractivity contribution is 0.0593. The molecule has 0 unspecified atom stereocenters. The number of hydrogen-bond acceptors (Lipinski definition) is 4. The molecule has 0 aliphatic carbocycles. The number of phenolic OH excluding ortho intramolecular Hbond substituents is 1. The number of amides is 1. The highest BCUT2D eigenvalue weighted by Crippen LogP contribution is 2.21. The van der Waals surface area contributed by atoms with Crippen molar-refractivity contribution in [2.24, 2.45) is 0 Å². The second-order valence-corrected chi connectivity index (χ2v) is 5.08. The number of rotatable bonds is 4. The summed E-state index contributed by atoms with van der Waals surface area (Å²) in [6.45, 7) is 6.58. The molecule has 0 atom stereocenters. The zero-order valence-corrected chi connectivity index (χ0v) is 12.1. The summed E-state index contributed by atoms with van der Waals surface area (Å²) in [6.07, 6.45) is 0. The van der Waals surface area contributed by atoms with Gasteiger partial charge in [0.1, 0.15) is 5.75 Å². The van der Waals surface area contributed by atoms with E-state index in [1.165, 1.54) is 0 Å². The van der Waals surface area contributed by atoms with E-state index in [0.29, 0.717) is 11.1 Å². The minimum atomic E-state index is 0.00444. The molecular weight excluding hydrogens is 256 g/mol. The van der Waals surface area contributed by atoms with Crippen LogP contribution in [0.1, 0.15) is 15.9 Å². The fourth-order valence-corrected chi connectivity index (χ4v) is 2.42. The maximum Gasteiger partial charge on any atom is 0.254 e. The van der Waals surface area contributed by atoms with Gasteiger partial charge in [-0.3, -0.25) is 9.69 Å². The number of benzene rings is 1. The van der Waals surface area contributed by atoms with Gasteiger partial charge in [-0.05, 0) is 19.1 Å². The molecule has 1 aliphatic heterocycles. The van der Waals surface area contributed by atoms with Crippen molar-refractivity contribution in [1.82, 2.24) is 9.80 Å². The van der Waals surface area contributed by atoms with Crippen molar-refractivity contribution < 1.29 is 14.6 Å². The van der Waals surface area contributed by atoms with Crippen LogP contribution in [0.4, 0.5) is 0 Å². The highest BCUT2D eigenvalue weighted by atomic mass is 16.5. The highest BCUT2D eigenvalue weighted by molar-refractivity contribution is 5.96. The van der Waals surface area contributed by atoms with Crippen molar-refractivity contribution >= 4 is 5.91 Å². The topological polar surface area (TPSA) is 53.0 Å². The molecule has 0 saturated carbocycles. The number of ether oxygens (including phenoxy) is 1. The van der Waals surface area contributed by atoms with Gasteiger partial charge in [-0.25, -0.2) is 0 Å². The molecule has 110 valence electrons. The Hall–Kier alpha value is -1.59. The number of carbonyl (C=O) groups is 1. The lowest BCUT2D eigenvalue weighted by Gasteiger charge is -2.34. The predicted octanol–water partition coefficient (Wildman–Crippen LogP) is 1.10. The van der Waals surface area contributed by atoms with Crippen LogP contribution in [-0.2, 0) is 4.74 Å². The summed E-state index contributed by atoms with van der Waals surface area (Å²) < 4.78 is 5.07. The standard InChI is InChI=1S/C15H22N2O3/c1-12-13(4-3-5-14(12)18)15(19)17-8-6-16(7-9-17)10-11-20-2/h3-5,18H,6-11H2,1-2H3. The van der Waals surface area contributed by atoms with Crippen LogP contribution < -0.4 is 0 Å². The van der Waals surface area contributed by atoms with Gasteiger partial charge in [0.25, 0.3) is 5.91 Å². The van der Waals surface area contributed by atoms with Crippen LogP contribution in [0.3, 0.4) is 0 Å². The van der Waals surface area contributed by atoms with Gasteiger partial charge in [0, 0.05) is 51.0 Å². The van der Waals surface area contributed by atoms with E-state index in [0.717, 1.165) is 39.3 Å². The Morgan fingerprint density at radius 1 is 1.30 bits per heavy atom. The van der Waals surface area contributed by atoms with Gasteiger partial charge >= 0.3 is 0 Å². The summed E-state index contributed by atoms with van der Waals surface area (Å²) in [6, 6.07) is 5.09. The quantitative estimate of drug-likeness (QED) is 0.896. The first-order chi connectivity index (χ1) is 9.63. The second kappa shape index (κ2) is 6.72. The molecule has 0 bridgehead atoms. The first-order valence-corrected chi connectivity index (χ1v) is 6.92. The molecule has 0 radical (unpaired) electrons. The van der Waals surface area contributed by atoms with Crippen molar-refractivity contribution in [3.05, 3.63) is 29.3 Å². The van der Waals surface area contributed by atoms with Crippen LogP contribution in [0.25, 0.3) is 0 Å². The van der Waals surface area contributed by atoms with Crippen LogP contribution >= 0.6 is 0 Å². The molecule has 1 heterocycles. The number of phenols is 1. The highest BCUT2D eigenvalue weighted by Gasteiger charge is 2.23. The van der Waals surface area contributed by atoms with Gasteiger partial charge in [0.05, 0.1) is 6.61 Å². The molecule has 5 nitrogen and oxygen atoms in total. The minimum Gasteiger partial charge on any atom is -0.508 e. The van der Waals surface area contributed by atoms with E-state index >= 15 is 0 Å². The Labute approximate surface area is 119 Å². The van der Waals surface area contributed by atoms with Gasteiger partial charge in [0.15, 0.2) is 0 Å². The lowest BCUT2D eigenvalue weighted by atomic mass is 10.1. The molecule has 1 N–H and O–H groups in total. The van der Waals surface area contributed by atoms with Gasteiger partial charge in [-0.1, -0.05) is 6.07 Å². The number of hydrogen-bond donors (Lipinski definition) is 1. The third-order valence-corrected chi connectivity index (χ3v) is 3.81. The van der Waals surface area contributed by atoms with Crippen LogP contribution in [0, 0.1) is 6.92 Å². The monoisotopic (exact) mass is 278 g/mol. The Bertz CT molecular complexity index is 468. The number of carbonyl (C=O) groups excluding carboxylic acids is 1. The third-order valence-electron chi connectivity index (χ3n) is 3.81. The fraction of sp³-hybridized carbons (Fsp3) is 0.533. The lowest BCUT2D eigenvalue weighted by Crippen LogP contribution is -2.49. The van der Waals surface area contributed by atoms with Crippen molar-refractivity contribution in [3.63, 3.8) is 0 Å². The van der Waals surface area contributed by atoms with E-state index < -0.39 is 0 Å². The summed E-state index contributed by atoms with van der Waals surface area (Å²) in [7, 11) is 1.70. The van der Waals surface area contributed by atoms with Crippen LogP contribution in [0.2, 0.25) is 0 Å². The summed E-state index contributed by atoms with van der Waals surface area (Å²) >= 11 is 0. The van der Waals surface area contributed by atoms with Crippen molar-refractivity contribution in [3.8, 4) is 5.75 Å². The maximum absolute atomic E-state index is 12.5. The summed E-state index contributed by atoms with van der Waals surface area (Å²) in [4.78, 5) is 16.6. The van der Waals surface area contributed by atoms with Crippen molar-refractivity contribution in [2.75, 3.05) is 46.4 Å². The molecule has 1 amide bonds. The molecule has 20 heavy (non-hydrogen) atoms. The molecule has 2 rings (SSSR count). The zero-order valence-electron chi connectivity index (χ0n) is 12.1. The number of methoxy groups -OCH3 is 1. The molecular formula is C15H22N2O3. The molecule has 1 aromatic carbocycles. The predicted molar refractivity (Wildman–Crippen MR) is 77.1 cm³/mol. The maximum atomic E-state index is 12.5. The molecule has 1 fully saturated rings. The van der Waals surface area contributed by atoms with Gasteiger partial charge in [-0.15, -0.1) is 0 Å². The normalized spacial score (nSPS) is 16.4. The minimum absolute atomic E-state index is 0.00444. The van der Waals surface area contributed by atoms with Gasteiger partial charge < -0.3 is 14.7 Å². The number of piperazine rings is 1. The van der Waals surface area contributed by atoms with E-state index in [1.54, 1.807) is 32.2 Å². The summed E-state index contributed by atoms with van der Waals surface area (Å²) in [5.74, 6) is 0.180. The average molecular weight is 278 g/mol. The Balaban J connectivity index is 1.96. The Morgan fingerprint density at radius 3 is 2.65 bits per heavy atom. The number of aromatic hydroxyl groups is 1. The van der Waals surface area contributed by atoms with E-state index in [1.807, 2.05) is 4.90 Å². The molecule has 1 saturated heterocycles. The van der Waals surface area contributed by atoms with Crippen LogP contribution in [0.15, 0.2) is 18.2 Å². The molecule has 5 heteroatoms. The van der Waals surface area contributed by atoms with Crippen LogP contribution in [0.5, 0.6) is 5.75 Å². The molecule has 1 aromatic rings. The Kier molecular flexibility index (Phi) is 4.98. The van der Waals surface area contributed by atoms with E-state index in [4.69, 9.17) is 4.74 Å². The van der Waals surface area contributed by atoms with Gasteiger partial charge in [0.2, 0.25) is 0 Å². The first kappa shape index (κ1) is 14.8.